The van der Waals surface area contributed by atoms with Crippen LogP contribution in [0, 0.1) is 0 Å². The molecule has 2 aromatic heterocycles. The highest BCUT2D eigenvalue weighted by atomic mass is 16.1. The number of nitrogens with one attached hydrogen (secondary N) is 1. The van der Waals surface area contributed by atoms with E-state index in [1.54, 1.807) is 6.20 Å². The van der Waals surface area contributed by atoms with Crippen LogP contribution in [0.4, 0.5) is 0 Å². The third kappa shape index (κ3) is 6.37. The van der Waals surface area contributed by atoms with E-state index in [4.69, 9.17) is 0 Å². The molecule has 0 saturated heterocycles. The molecule has 1 unspecified atom stereocenters. The van der Waals surface area contributed by atoms with Gasteiger partial charge in [0.1, 0.15) is 6.33 Å². The Balaban J connectivity index is 1.69. The maximum Gasteiger partial charge on any atom is 0.265 e. The second-order valence-electron chi connectivity index (χ2n) is 9.25. The first-order valence-electron chi connectivity index (χ1n) is 11.7. The van der Waals surface area contributed by atoms with Crippen molar-refractivity contribution in [1.82, 2.24) is 19.9 Å². The van der Waals surface area contributed by atoms with Crippen molar-refractivity contribution in [2.75, 3.05) is 0 Å². The maximum absolute atomic E-state index is 13.1. The van der Waals surface area contributed by atoms with E-state index in [1.807, 2.05) is 25.3 Å². The van der Waals surface area contributed by atoms with Gasteiger partial charge >= 0.3 is 0 Å². The number of hydrogen-bond acceptors (Lipinski definition) is 4. The molecule has 6 nitrogen and oxygen atoms in total. The number of aromatic nitrogens is 3. The molecule has 1 atom stereocenters. The first-order chi connectivity index (χ1) is 15.8. The van der Waals surface area contributed by atoms with Crippen LogP contribution in [0.25, 0.3) is 17.1 Å². The summed E-state index contributed by atoms with van der Waals surface area (Å²) in [5.41, 5.74) is 3.95. The van der Waals surface area contributed by atoms with Crippen LogP contribution in [0.15, 0.2) is 53.9 Å². The predicted octanol–water partition coefficient (Wildman–Crippen LogP) is 5.04. The van der Waals surface area contributed by atoms with Gasteiger partial charge in [0.15, 0.2) is 0 Å². The minimum Gasteiger partial charge on any atom is -0.350 e. The zero-order valence-corrected chi connectivity index (χ0v) is 20.2. The maximum atomic E-state index is 13.1. The second-order valence-corrected chi connectivity index (χ2v) is 9.25. The van der Waals surface area contributed by atoms with E-state index >= 15 is 0 Å². The molecule has 3 aromatic rings. The van der Waals surface area contributed by atoms with Gasteiger partial charge in [-0.3, -0.25) is 19.1 Å². The van der Waals surface area contributed by atoms with Gasteiger partial charge in [-0.25, -0.2) is 4.98 Å². The summed E-state index contributed by atoms with van der Waals surface area (Å²) in [5, 5.41) is 3.55. The molecule has 2 heterocycles. The quantitative estimate of drug-likeness (QED) is 0.467. The molecule has 3 rings (SSSR count). The fraction of sp³-hybridized carbons (Fsp3) is 0.407. The molecule has 6 heteroatoms. The molecular weight excluding hydrogens is 412 g/mol. The summed E-state index contributed by atoms with van der Waals surface area (Å²) < 4.78 is 1.38. The van der Waals surface area contributed by atoms with Crippen molar-refractivity contribution in [2.24, 2.45) is 0 Å². The Hall–Kier alpha value is -3.28. The van der Waals surface area contributed by atoms with Gasteiger partial charge in [-0.1, -0.05) is 39.8 Å². The Morgan fingerprint density at radius 3 is 2.61 bits per heavy atom. The van der Waals surface area contributed by atoms with E-state index in [2.05, 4.69) is 55.1 Å². The molecule has 1 N–H and O–H groups in total. The summed E-state index contributed by atoms with van der Waals surface area (Å²) in [6.45, 7) is 10.4. The molecule has 0 bridgehead atoms. The van der Waals surface area contributed by atoms with Crippen molar-refractivity contribution < 1.29 is 4.79 Å². The largest absolute Gasteiger partial charge is 0.350 e. The number of fused-ring (bicyclic) bond motifs is 1. The number of hydrogen-bond donors (Lipinski definition) is 1. The number of rotatable bonds is 9. The Morgan fingerprint density at radius 2 is 1.94 bits per heavy atom. The molecule has 0 radical (unpaired) electrons. The second kappa shape index (κ2) is 11.0. The minimum atomic E-state index is -0.227. The van der Waals surface area contributed by atoms with Gasteiger partial charge in [0.05, 0.1) is 10.9 Å². The first-order valence-corrected chi connectivity index (χ1v) is 11.7. The van der Waals surface area contributed by atoms with Crippen molar-refractivity contribution in [1.29, 1.82) is 0 Å². The zero-order valence-electron chi connectivity index (χ0n) is 20.2. The highest BCUT2D eigenvalue weighted by Gasteiger charge is 2.14. The van der Waals surface area contributed by atoms with E-state index in [0.29, 0.717) is 11.3 Å². The molecule has 174 valence electrons. The monoisotopic (exact) mass is 446 g/mol. The van der Waals surface area contributed by atoms with Gasteiger partial charge in [0.25, 0.3) is 5.56 Å². The molecule has 0 spiro atoms. The van der Waals surface area contributed by atoms with Gasteiger partial charge in [-0.05, 0) is 66.8 Å². The topological polar surface area (TPSA) is 76.9 Å². The number of aryl methyl sites for hydroxylation is 1. The lowest BCUT2D eigenvalue weighted by atomic mass is 9.93. The Morgan fingerprint density at radius 1 is 1.15 bits per heavy atom. The van der Waals surface area contributed by atoms with Gasteiger partial charge in [0.2, 0.25) is 5.91 Å². The number of carbonyl (C=O) groups excluding carboxylic acids is 1. The molecule has 33 heavy (non-hydrogen) atoms. The Kier molecular flexibility index (Phi) is 8.15. The summed E-state index contributed by atoms with van der Waals surface area (Å²) in [7, 11) is 0. The van der Waals surface area contributed by atoms with Gasteiger partial charge < -0.3 is 5.32 Å². The lowest BCUT2D eigenvalue weighted by molar-refractivity contribution is -0.117. The summed E-state index contributed by atoms with van der Waals surface area (Å²) >= 11 is 0. The van der Waals surface area contributed by atoms with Crippen LogP contribution < -0.4 is 10.9 Å². The molecule has 0 saturated carbocycles. The van der Waals surface area contributed by atoms with Crippen LogP contribution in [-0.2, 0) is 11.2 Å². The smallest absolute Gasteiger partial charge is 0.265 e. The normalized spacial score (nSPS) is 12.7. The van der Waals surface area contributed by atoms with E-state index in [0.717, 1.165) is 35.9 Å². The standard InChI is InChI=1S/C27H34N4O2/c1-18(2)22-14-23(19(3)4)26-24(15-22)27(33)31(17-29-26)13-11-25(32)30-20(5)8-6-9-21-10-7-12-28-16-21/h7,10-20H,6,8-9H2,1-5H3,(H,30,32)/b13-11+. The van der Waals surface area contributed by atoms with Gasteiger partial charge in [-0.15, -0.1) is 0 Å². The Bertz CT molecular complexity index is 1180. The van der Waals surface area contributed by atoms with Crippen LogP contribution in [0.3, 0.4) is 0 Å². The number of pyridine rings is 1. The Labute approximate surface area is 195 Å². The van der Waals surface area contributed by atoms with Crippen LogP contribution in [-0.4, -0.2) is 26.5 Å². The average molecular weight is 447 g/mol. The summed E-state index contributed by atoms with van der Waals surface area (Å²) in [6, 6.07) is 8.10. The number of benzene rings is 1. The molecule has 0 aliphatic heterocycles. The molecular formula is C27H34N4O2. The molecule has 1 amide bonds. The fourth-order valence-corrected chi connectivity index (χ4v) is 3.85. The first kappa shape index (κ1) is 24.4. The van der Waals surface area contributed by atoms with Crippen LogP contribution in [0.2, 0.25) is 0 Å². The van der Waals surface area contributed by atoms with Crippen molar-refractivity contribution in [2.45, 2.75) is 71.8 Å². The summed E-state index contributed by atoms with van der Waals surface area (Å²) in [4.78, 5) is 34.2. The molecule has 0 fully saturated rings. The van der Waals surface area contributed by atoms with Gasteiger partial charge in [0, 0.05) is 30.7 Å². The lowest BCUT2D eigenvalue weighted by Gasteiger charge is -2.14. The van der Waals surface area contributed by atoms with Crippen molar-refractivity contribution in [3.8, 4) is 0 Å². The van der Waals surface area contributed by atoms with Crippen molar-refractivity contribution >= 4 is 23.0 Å². The van der Waals surface area contributed by atoms with Crippen LogP contribution >= 0.6 is 0 Å². The molecule has 1 aromatic carbocycles. The van der Waals surface area contributed by atoms with Crippen LogP contribution in [0.5, 0.6) is 0 Å². The van der Waals surface area contributed by atoms with E-state index in [9.17, 15) is 9.59 Å². The number of carbonyl (C=O) groups is 1. The third-order valence-corrected chi connectivity index (χ3v) is 5.83. The van der Waals surface area contributed by atoms with Crippen molar-refractivity contribution in [3.05, 3.63) is 76.1 Å². The predicted molar refractivity (Wildman–Crippen MR) is 134 cm³/mol. The van der Waals surface area contributed by atoms with E-state index in [1.165, 1.54) is 28.7 Å². The summed E-state index contributed by atoms with van der Waals surface area (Å²) in [6.07, 6.45) is 10.8. The zero-order chi connectivity index (χ0) is 24.0. The summed E-state index contributed by atoms with van der Waals surface area (Å²) in [5.74, 6) is 0.338. The van der Waals surface area contributed by atoms with Gasteiger partial charge in [-0.2, -0.15) is 0 Å². The average Bonchev–Trinajstić information content (AvgIpc) is 2.78. The van der Waals surface area contributed by atoms with Crippen molar-refractivity contribution in [3.63, 3.8) is 0 Å². The van der Waals surface area contributed by atoms with Crippen LogP contribution in [0.1, 0.15) is 76.0 Å². The third-order valence-electron chi connectivity index (χ3n) is 5.83. The molecule has 0 aliphatic carbocycles. The highest BCUT2D eigenvalue weighted by molar-refractivity contribution is 5.90. The fourth-order valence-electron chi connectivity index (χ4n) is 3.85. The number of amides is 1. The SMILES string of the molecule is CC(CCCc1cccnc1)NC(=O)/C=C/n1cnc2c(C(C)C)cc(C(C)C)cc2c1=O. The highest BCUT2D eigenvalue weighted by Crippen LogP contribution is 2.27. The van der Waals surface area contributed by atoms with E-state index in [-0.39, 0.29) is 23.4 Å². The molecule has 0 aliphatic rings. The van der Waals surface area contributed by atoms with E-state index < -0.39 is 0 Å². The lowest BCUT2D eigenvalue weighted by Crippen LogP contribution is -2.31. The number of nitrogens with zero attached hydrogens (tertiary/aromatic N) is 3. The minimum absolute atomic E-state index is 0.0347.